The number of hydrogen-bond acceptors (Lipinski definition) is 3. The highest BCUT2D eigenvalue weighted by atomic mass is 79.9. The highest BCUT2D eigenvalue weighted by Gasteiger charge is 2.42. The van der Waals surface area contributed by atoms with Crippen LogP contribution in [0.1, 0.15) is 31.1 Å². The Bertz CT molecular complexity index is 416. The van der Waals surface area contributed by atoms with E-state index in [-0.39, 0.29) is 0 Å². The molecule has 2 aliphatic rings. The smallest absolute Gasteiger partial charge is 0.0329 e. The zero-order chi connectivity index (χ0) is 12.6. The summed E-state index contributed by atoms with van der Waals surface area (Å²) in [5.41, 5.74) is 0.352. The van der Waals surface area contributed by atoms with Gasteiger partial charge in [-0.15, -0.1) is 11.3 Å². The second-order valence-corrected chi connectivity index (χ2v) is 7.83. The molecule has 100 valence electrons. The van der Waals surface area contributed by atoms with Crippen LogP contribution in [0.2, 0.25) is 0 Å². The van der Waals surface area contributed by atoms with E-state index in [1.165, 1.54) is 48.2 Å². The van der Waals surface area contributed by atoms with Crippen LogP contribution in [-0.2, 0) is 6.54 Å². The molecule has 0 amide bonds. The molecule has 1 aromatic rings. The first-order chi connectivity index (χ1) is 8.66. The summed E-state index contributed by atoms with van der Waals surface area (Å²) in [6.45, 7) is 7.14. The Kier molecular flexibility index (Phi) is 3.81. The summed E-state index contributed by atoms with van der Waals surface area (Å²) < 4.78 is 1.22. The van der Waals surface area contributed by atoms with Gasteiger partial charge in [0.15, 0.2) is 0 Å². The fourth-order valence-electron chi connectivity index (χ4n) is 3.06. The van der Waals surface area contributed by atoms with E-state index in [1.807, 2.05) is 11.3 Å². The molecule has 1 saturated carbocycles. The van der Waals surface area contributed by atoms with Crippen LogP contribution in [0.4, 0.5) is 0 Å². The van der Waals surface area contributed by atoms with E-state index >= 15 is 0 Å². The lowest BCUT2D eigenvalue weighted by atomic mass is 9.95. The molecule has 1 aromatic heterocycles. The number of nitrogens with one attached hydrogen (secondary N) is 1. The van der Waals surface area contributed by atoms with Gasteiger partial charge in [0.05, 0.1) is 0 Å². The van der Waals surface area contributed by atoms with E-state index in [9.17, 15) is 0 Å². The molecule has 2 fully saturated rings. The van der Waals surface area contributed by atoms with Gasteiger partial charge in [0.2, 0.25) is 0 Å². The normalized spacial score (nSPS) is 30.3. The third-order valence-electron chi connectivity index (χ3n) is 4.21. The molecule has 0 bridgehead atoms. The van der Waals surface area contributed by atoms with Crippen molar-refractivity contribution in [2.24, 2.45) is 5.92 Å². The van der Waals surface area contributed by atoms with Crippen molar-refractivity contribution in [1.82, 2.24) is 10.2 Å². The highest BCUT2D eigenvalue weighted by molar-refractivity contribution is 9.10. The van der Waals surface area contributed by atoms with Crippen LogP contribution >= 0.6 is 27.3 Å². The van der Waals surface area contributed by atoms with Crippen LogP contribution in [0, 0.1) is 5.92 Å². The zero-order valence-electron chi connectivity index (χ0n) is 10.9. The number of rotatable bonds is 3. The second kappa shape index (κ2) is 5.23. The summed E-state index contributed by atoms with van der Waals surface area (Å²) in [6.07, 6.45) is 4.11. The lowest BCUT2D eigenvalue weighted by Gasteiger charge is -2.33. The van der Waals surface area contributed by atoms with E-state index in [4.69, 9.17) is 0 Å². The summed E-state index contributed by atoms with van der Waals surface area (Å²) in [4.78, 5) is 4.11. The van der Waals surface area contributed by atoms with Crippen molar-refractivity contribution < 1.29 is 0 Å². The molecule has 1 aliphatic heterocycles. The molecule has 4 heteroatoms. The van der Waals surface area contributed by atoms with Crippen LogP contribution in [0.25, 0.3) is 0 Å². The first-order valence-corrected chi connectivity index (χ1v) is 8.53. The van der Waals surface area contributed by atoms with E-state index < -0.39 is 0 Å². The molecule has 0 spiro atoms. The van der Waals surface area contributed by atoms with Gasteiger partial charge < -0.3 is 5.32 Å². The fraction of sp³-hybridized carbons (Fsp3) is 0.714. The molecule has 0 radical (unpaired) electrons. The topological polar surface area (TPSA) is 15.3 Å². The number of thiophene rings is 1. The molecule has 1 unspecified atom stereocenters. The maximum absolute atomic E-state index is 3.79. The quantitative estimate of drug-likeness (QED) is 0.913. The van der Waals surface area contributed by atoms with Gasteiger partial charge in [0, 0.05) is 33.4 Å². The van der Waals surface area contributed by atoms with Crippen LogP contribution in [-0.4, -0.2) is 30.1 Å². The molecule has 2 heterocycles. The summed E-state index contributed by atoms with van der Waals surface area (Å²) in [5.74, 6) is 0.910. The molecule has 3 rings (SSSR count). The Morgan fingerprint density at radius 3 is 3.06 bits per heavy atom. The molecule has 1 aliphatic carbocycles. The van der Waals surface area contributed by atoms with E-state index in [1.54, 1.807) is 0 Å². The van der Waals surface area contributed by atoms with Crippen LogP contribution < -0.4 is 5.32 Å². The van der Waals surface area contributed by atoms with Crippen LogP contribution in [0.3, 0.4) is 0 Å². The molecular weight excluding hydrogens is 308 g/mol. The molecule has 1 saturated heterocycles. The molecule has 18 heavy (non-hydrogen) atoms. The Hall–Kier alpha value is 0.1000. The van der Waals surface area contributed by atoms with Gasteiger partial charge in [-0.05, 0) is 67.2 Å². The lowest BCUT2D eigenvalue weighted by Crippen LogP contribution is -2.50. The van der Waals surface area contributed by atoms with Gasteiger partial charge in [-0.2, -0.15) is 0 Å². The van der Waals surface area contributed by atoms with E-state index in [0.717, 1.165) is 12.5 Å². The molecule has 1 N–H and O–H groups in total. The minimum Gasteiger partial charge on any atom is -0.310 e. The summed E-state index contributed by atoms with van der Waals surface area (Å²) >= 11 is 5.41. The van der Waals surface area contributed by atoms with E-state index in [2.05, 4.69) is 44.5 Å². The first-order valence-electron chi connectivity index (χ1n) is 6.86. The third kappa shape index (κ3) is 2.98. The van der Waals surface area contributed by atoms with Crippen molar-refractivity contribution in [1.29, 1.82) is 0 Å². The maximum atomic E-state index is 3.79. The predicted molar refractivity (Wildman–Crippen MR) is 81.0 cm³/mol. The van der Waals surface area contributed by atoms with Gasteiger partial charge >= 0.3 is 0 Å². The van der Waals surface area contributed by atoms with Crippen molar-refractivity contribution in [3.05, 3.63) is 20.8 Å². The fourth-order valence-corrected chi connectivity index (χ4v) is 4.55. The van der Waals surface area contributed by atoms with Crippen LogP contribution in [0.5, 0.6) is 0 Å². The molecule has 2 nitrogen and oxygen atoms in total. The summed E-state index contributed by atoms with van der Waals surface area (Å²) in [5, 5.41) is 5.98. The lowest BCUT2D eigenvalue weighted by molar-refractivity contribution is 0.196. The van der Waals surface area contributed by atoms with Crippen molar-refractivity contribution >= 4 is 27.3 Å². The van der Waals surface area contributed by atoms with Crippen molar-refractivity contribution in [2.75, 3.05) is 19.6 Å². The average Bonchev–Trinajstić information content (AvgIpc) is 3.11. The monoisotopic (exact) mass is 328 g/mol. The average molecular weight is 329 g/mol. The Labute approximate surface area is 122 Å². The van der Waals surface area contributed by atoms with Gasteiger partial charge in [-0.25, -0.2) is 0 Å². The molecule has 0 aromatic carbocycles. The standard InChI is InChI=1S/C14H21BrN2S/c1-14(11-3-4-11)10-17(6-2-5-16-14)8-13-7-12(15)9-18-13/h7,9,11,16H,2-6,8,10H2,1H3. The first kappa shape index (κ1) is 13.1. The second-order valence-electron chi connectivity index (χ2n) is 5.91. The van der Waals surface area contributed by atoms with Gasteiger partial charge in [-0.3, -0.25) is 4.90 Å². The minimum atomic E-state index is 0.352. The van der Waals surface area contributed by atoms with Gasteiger partial charge in [-0.1, -0.05) is 0 Å². The Morgan fingerprint density at radius 2 is 2.39 bits per heavy atom. The molecule has 1 atom stereocenters. The van der Waals surface area contributed by atoms with Crippen LogP contribution in [0.15, 0.2) is 15.9 Å². The zero-order valence-corrected chi connectivity index (χ0v) is 13.3. The minimum absolute atomic E-state index is 0.352. The van der Waals surface area contributed by atoms with E-state index in [0.29, 0.717) is 5.54 Å². The van der Waals surface area contributed by atoms with Crippen molar-refractivity contribution in [3.8, 4) is 0 Å². The number of hydrogen-bond donors (Lipinski definition) is 1. The molecular formula is C14H21BrN2S. The van der Waals surface area contributed by atoms with Gasteiger partial charge in [0.25, 0.3) is 0 Å². The van der Waals surface area contributed by atoms with Gasteiger partial charge in [0.1, 0.15) is 0 Å². The number of nitrogens with zero attached hydrogens (tertiary/aromatic N) is 1. The largest absolute Gasteiger partial charge is 0.310 e. The predicted octanol–water partition coefficient (Wildman–Crippen LogP) is 3.47. The Balaban J connectivity index is 1.67. The summed E-state index contributed by atoms with van der Waals surface area (Å²) in [7, 11) is 0. The van der Waals surface area contributed by atoms with Crippen molar-refractivity contribution in [2.45, 2.75) is 38.3 Å². The highest BCUT2D eigenvalue weighted by Crippen LogP contribution is 2.40. The summed E-state index contributed by atoms with van der Waals surface area (Å²) in [6, 6.07) is 2.26. The Morgan fingerprint density at radius 1 is 1.56 bits per heavy atom. The number of halogens is 1. The SMILES string of the molecule is CC1(C2CC2)CN(Cc2cc(Br)cs2)CCCN1. The third-order valence-corrected chi connectivity index (χ3v) is 5.89. The maximum Gasteiger partial charge on any atom is 0.0329 e. The van der Waals surface area contributed by atoms with Crippen molar-refractivity contribution in [3.63, 3.8) is 0 Å².